The lowest BCUT2D eigenvalue weighted by atomic mass is 9.81. The van der Waals surface area contributed by atoms with Gasteiger partial charge in [0.05, 0.1) is 13.0 Å². The van der Waals surface area contributed by atoms with E-state index in [1.165, 1.54) is 0 Å². The van der Waals surface area contributed by atoms with Crippen molar-refractivity contribution in [3.63, 3.8) is 0 Å². The molecule has 5 nitrogen and oxygen atoms in total. The normalized spacial score (nSPS) is 22.3. The summed E-state index contributed by atoms with van der Waals surface area (Å²) < 4.78 is 17.7. The fourth-order valence-corrected chi connectivity index (χ4v) is 4.13. The number of aryl methyl sites for hydroxylation is 1. The van der Waals surface area contributed by atoms with Gasteiger partial charge in [-0.15, -0.1) is 0 Å². The molecular weight excluding hydrogens is 436 g/mol. The molecule has 27 heavy (non-hydrogen) atoms. The Hall–Kier alpha value is -1.11. The molecule has 1 saturated carbocycles. The van der Waals surface area contributed by atoms with Gasteiger partial charge in [0.2, 0.25) is 5.60 Å². The highest BCUT2D eigenvalue weighted by Gasteiger charge is 2.52. The van der Waals surface area contributed by atoms with E-state index in [4.69, 9.17) is 25.8 Å². The third-order valence-corrected chi connectivity index (χ3v) is 5.94. The Labute approximate surface area is 173 Å². The minimum absolute atomic E-state index is 0.0209. The quantitative estimate of drug-likeness (QED) is 0.547. The molecule has 0 bridgehead atoms. The Morgan fingerprint density at radius 2 is 2.00 bits per heavy atom. The molecule has 2 rings (SSSR count). The molecule has 1 aliphatic rings. The molecule has 1 fully saturated rings. The first-order valence-corrected chi connectivity index (χ1v) is 10.5. The van der Waals surface area contributed by atoms with Crippen LogP contribution in [0.5, 0.6) is 0 Å². The summed E-state index contributed by atoms with van der Waals surface area (Å²) in [6, 6.07) is 3.59. The van der Waals surface area contributed by atoms with Crippen LogP contribution in [-0.4, -0.2) is 36.9 Å². The van der Waals surface area contributed by atoms with Crippen molar-refractivity contribution in [2.24, 2.45) is 0 Å². The van der Waals surface area contributed by atoms with Gasteiger partial charge in [0, 0.05) is 22.5 Å². The lowest BCUT2D eigenvalue weighted by Gasteiger charge is -2.40. The van der Waals surface area contributed by atoms with Crippen LogP contribution in [0.15, 0.2) is 16.6 Å². The number of carbonyl (C=O) groups is 2. The first-order chi connectivity index (χ1) is 12.8. The molecule has 0 heterocycles. The monoisotopic (exact) mass is 460 g/mol. The van der Waals surface area contributed by atoms with Crippen LogP contribution in [0.4, 0.5) is 0 Å². The second-order valence-corrected chi connectivity index (χ2v) is 7.90. The van der Waals surface area contributed by atoms with Crippen LogP contribution in [0.1, 0.15) is 50.7 Å². The third kappa shape index (κ3) is 5.24. The van der Waals surface area contributed by atoms with Gasteiger partial charge in [-0.25, -0.2) is 4.79 Å². The van der Waals surface area contributed by atoms with E-state index in [1.54, 1.807) is 13.0 Å². The van der Waals surface area contributed by atoms with Crippen LogP contribution in [0.2, 0.25) is 5.02 Å². The number of rotatable bonds is 7. The SMILES string of the molecule is CCOC(=O)C1(OC(=O)Cc2cc(C)c(Br)cc2Cl)CCCCC1OCC. The molecule has 0 aliphatic heterocycles. The van der Waals surface area contributed by atoms with Gasteiger partial charge in [-0.3, -0.25) is 4.79 Å². The van der Waals surface area contributed by atoms with Crippen LogP contribution < -0.4 is 0 Å². The van der Waals surface area contributed by atoms with E-state index < -0.39 is 23.6 Å². The Kier molecular flexibility index (Phi) is 8.13. The van der Waals surface area contributed by atoms with E-state index in [0.29, 0.717) is 30.0 Å². The summed E-state index contributed by atoms with van der Waals surface area (Å²) in [5, 5.41) is 0.472. The predicted molar refractivity (Wildman–Crippen MR) is 107 cm³/mol. The molecule has 0 aromatic heterocycles. The molecule has 0 spiro atoms. The van der Waals surface area contributed by atoms with E-state index >= 15 is 0 Å². The second kappa shape index (κ2) is 9.89. The number of hydrogen-bond donors (Lipinski definition) is 0. The molecule has 1 aliphatic carbocycles. The summed E-state index contributed by atoms with van der Waals surface area (Å²) in [5.41, 5.74) is 0.232. The van der Waals surface area contributed by atoms with Gasteiger partial charge < -0.3 is 14.2 Å². The van der Waals surface area contributed by atoms with Crippen LogP contribution in [0, 0.1) is 6.92 Å². The number of esters is 2. The van der Waals surface area contributed by atoms with Crippen molar-refractivity contribution < 1.29 is 23.8 Å². The topological polar surface area (TPSA) is 61.8 Å². The third-order valence-electron chi connectivity index (χ3n) is 4.73. The minimum Gasteiger partial charge on any atom is -0.463 e. The Bertz CT molecular complexity index is 691. The zero-order valence-electron chi connectivity index (χ0n) is 16.0. The molecule has 1 aromatic carbocycles. The van der Waals surface area contributed by atoms with Gasteiger partial charge in [0.1, 0.15) is 6.10 Å². The molecule has 0 amide bonds. The Balaban J connectivity index is 2.25. The van der Waals surface area contributed by atoms with Gasteiger partial charge in [0.25, 0.3) is 0 Å². The van der Waals surface area contributed by atoms with E-state index in [-0.39, 0.29) is 13.0 Å². The molecule has 150 valence electrons. The largest absolute Gasteiger partial charge is 0.463 e. The van der Waals surface area contributed by atoms with E-state index in [0.717, 1.165) is 22.9 Å². The van der Waals surface area contributed by atoms with Gasteiger partial charge >= 0.3 is 11.9 Å². The Morgan fingerprint density at radius 3 is 2.67 bits per heavy atom. The highest BCUT2D eigenvalue weighted by atomic mass is 79.9. The van der Waals surface area contributed by atoms with E-state index in [2.05, 4.69) is 15.9 Å². The fourth-order valence-electron chi connectivity index (χ4n) is 3.42. The summed E-state index contributed by atoms with van der Waals surface area (Å²) in [5.74, 6) is -1.05. The first-order valence-electron chi connectivity index (χ1n) is 9.29. The van der Waals surface area contributed by atoms with Crippen molar-refractivity contribution in [1.82, 2.24) is 0 Å². The molecule has 7 heteroatoms. The molecular formula is C20H26BrClO5. The van der Waals surface area contributed by atoms with Crippen LogP contribution in [0.3, 0.4) is 0 Å². The Morgan fingerprint density at radius 1 is 1.26 bits per heavy atom. The number of carbonyl (C=O) groups excluding carboxylic acids is 2. The van der Waals surface area contributed by atoms with Gasteiger partial charge in [-0.2, -0.15) is 0 Å². The van der Waals surface area contributed by atoms with Gasteiger partial charge in [0.15, 0.2) is 0 Å². The minimum atomic E-state index is -1.39. The number of benzene rings is 1. The fraction of sp³-hybridized carbons (Fsp3) is 0.600. The highest BCUT2D eigenvalue weighted by molar-refractivity contribution is 9.10. The molecule has 0 N–H and O–H groups in total. The first kappa shape index (κ1) is 22.2. The number of halogens is 2. The molecule has 1 aromatic rings. The van der Waals surface area contributed by atoms with Crippen LogP contribution >= 0.6 is 27.5 Å². The van der Waals surface area contributed by atoms with Crippen molar-refractivity contribution in [1.29, 1.82) is 0 Å². The highest BCUT2D eigenvalue weighted by Crippen LogP contribution is 2.36. The molecule has 0 saturated heterocycles. The van der Waals surface area contributed by atoms with Crippen molar-refractivity contribution in [2.45, 2.75) is 64.6 Å². The van der Waals surface area contributed by atoms with Crippen LogP contribution in [0.25, 0.3) is 0 Å². The van der Waals surface area contributed by atoms with Gasteiger partial charge in [-0.1, -0.05) is 40.0 Å². The molecule has 2 unspecified atom stereocenters. The summed E-state index contributed by atoms with van der Waals surface area (Å²) in [7, 11) is 0. The van der Waals surface area contributed by atoms with Crippen molar-refractivity contribution in [3.05, 3.63) is 32.8 Å². The molecule has 0 radical (unpaired) electrons. The smallest absolute Gasteiger partial charge is 0.353 e. The summed E-state index contributed by atoms with van der Waals surface area (Å²) in [6.07, 6.45) is 2.22. The van der Waals surface area contributed by atoms with Crippen molar-refractivity contribution >= 4 is 39.5 Å². The maximum atomic E-state index is 12.7. The van der Waals surface area contributed by atoms with E-state index in [1.807, 2.05) is 19.9 Å². The predicted octanol–water partition coefficient (Wildman–Crippen LogP) is 4.78. The standard InChI is InChI=1S/C20H26BrClO5/c1-4-25-17-8-6-7-9-20(17,19(24)26-5-2)27-18(23)11-14-10-13(3)15(21)12-16(14)22/h10,12,17H,4-9,11H2,1-3H3. The number of ether oxygens (including phenoxy) is 3. The lowest BCUT2D eigenvalue weighted by Crippen LogP contribution is -2.56. The number of hydrogen-bond acceptors (Lipinski definition) is 5. The second-order valence-electron chi connectivity index (χ2n) is 6.64. The average molecular weight is 462 g/mol. The van der Waals surface area contributed by atoms with Crippen molar-refractivity contribution in [2.75, 3.05) is 13.2 Å². The van der Waals surface area contributed by atoms with Crippen molar-refractivity contribution in [3.8, 4) is 0 Å². The maximum Gasteiger partial charge on any atom is 0.353 e. The van der Waals surface area contributed by atoms with E-state index in [9.17, 15) is 9.59 Å². The summed E-state index contributed by atoms with van der Waals surface area (Å²) >= 11 is 9.68. The maximum absolute atomic E-state index is 12.7. The average Bonchev–Trinajstić information content (AvgIpc) is 2.61. The summed E-state index contributed by atoms with van der Waals surface area (Å²) in [6.45, 7) is 6.16. The zero-order chi connectivity index (χ0) is 20.0. The zero-order valence-corrected chi connectivity index (χ0v) is 18.3. The summed E-state index contributed by atoms with van der Waals surface area (Å²) in [4.78, 5) is 25.5. The molecule has 2 atom stereocenters. The lowest BCUT2D eigenvalue weighted by molar-refractivity contribution is -0.207. The van der Waals surface area contributed by atoms with Gasteiger partial charge in [-0.05, 0) is 50.8 Å². The van der Waals surface area contributed by atoms with Crippen LogP contribution in [-0.2, 0) is 30.2 Å².